The van der Waals surface area contributed by atoms with Gasteiger partial charge in [-0.1, -0.05) is 43.0 Å². The summed E-state index contributed by atoms with van der Waals surface area (Å²) in [5, 5.41) is 2.52. The number of aromatic amines is 1. The number of H-pyrrole nitrogens is 1. The van der Waals surface area contributed by atoms with Crippen LogP contribution in [-0.4, -0.2) is 9.55 Å². The van der Waals surface area contributed by atoms with Gasteiger partial charge in [-0.2, -0.15) is 0 Å². The molecule has 1 aliphatic carbocycles. The van der Waals surface area contributed by atoms with Crippen LogP contribution in [0.1, 0.15) is 35.9 Å². The topological polar surface area (TPSA) is 20.7 Å². The number of allylic oxidation sites excluding steroid dienone is 2. The summed E-state index contributed by atoms with van der Waals surface area (Å²) in [6.07, 6.45) is 13.0. The lowest BCUT2D eigenvalue weighted by atomic mass is 9.99. The van der Waals surface area contributed by atoms with Crippen LogP contribution in [-0.2, 0) is 6.42 Å². The van der Waals surface area contributed by atoms with Crippen LogP contribution in [0.2, 0.25) is 0 Å². The molecule has 0 aliphatic heterocycles. The molecular weight excluding hydrogens is 328 g/mol. The first-order valence-corrected chi connectivity index (χ1v) is 9.52. The van der Waals surface area contributed by atoms with E-state index in [-0.39, 0.29) is 0 Å². The number of para-hydroxylation sites is 1. The highest BCUT2D eigenvalue weighted by Crippen LogP contribution is 2.35. The number of aromatic nitrogens is 2. The highest BCUT2D eigenvalue weighted by atomic mass is 15.0. The standard InChI is InChI=1S/C25H22N2/c1-3-9-19-20-11-6-8-13-25(20)27(24(19)4-2)17-14-15-23-21(16-17)18-10-5-7-12-22(18)26-23/h3-5,7-10,12-16,26H,2,6,11H2,1H3/b9-3-. The molecule has 2 aromatic carbocycles. The zero-order chi connectivity index (χ0) is 18.4. The van der Waals surface area contributed by atoms with E-state index in [1.165, 1.54) is 50.0 Å². The first-order valence-electron chi connectivity index (χ1n) is 9.52. The number of hydrogen-bond donors (Lipinski definition) is 1. The molecular formula is C25H22N2. The second kappa shape index (κ2) is 6.17. The van der Waals surface area contributed by atoms with E-state index >= 15 is 0 Å². The minimum absolute atomic E-state index is 1.08. The average molecular weight is 350 g/mol. The first-order chi connectivity index (χ1) is 13.3. The number of fused-ring (bicyclic) bond motifs is 4. The van der Waals surface area contributed by atoms with E-state index in [4.69, 9.17) is 0 Å². The van der Waals surface area contributed by atoms with E-state index in [1.807, 2.05) is 6.08 Å². The van der Waals surface area contributed by atoms with Gasteiger partial charge in [-0.15, -0.1) is 0 Å². The zero-order valence-electron chi connectivity index (χ0n) is 15.5. The quantitative estimate of drug-likeness (QED) is 0.422. The summed E-state index contributed by atoms with van der Waals surface area (Å²) in [4.78, 5) is 3.52. The van der Waals surface area contributed by atoms with Gasteiger partial charge in [0, 0.05) is 38.8 Å². The summed E-state index contributed by atoms with van der Waals surface area (Å²) in [5.41, 5.74) is 8.70. The lowest BCUT2D eigenvalue weighted by molar-refractivity contribution is 0.956. The van der Waals surface area contributed by atoms with Gasteiger partial charge in [0.1, 0.15) is 0 Å². The van der Waals surface area contributed by atoms with Crippen molar-refractivity contribution < 1.29 is 0 Å². The lowest BCUT2D eigenvalue weighted by Crippen LogP contribution is -2.01. The molecule has 2 aromatic heterocycles. The van der Waals surface area contributed by atoms with Gasteiger partial charge in [-0.3, -0.25) is 0 Å². The van der Waals surface area contributed by atoms with Crippen molar-refractivity contribution in [2.75, 3.05) is 0 Å². The molecule has 1 aliphatic rings. The van der Waals surface area contributed by atoms with Crippen molar-refractivity contribution in [3.8, 4) is 5.69 Å². The van der Waals surface area contributed by atoms with Crippen LogP contribution in [0.3, 0.4) is 0 Å². The largest absolute Gasteiger partial charge is 0.355 e. The first kappa shape index (κ1) is 16.0. The van der Waals surface area contributed by atoms with E-state index < -0.39 is 0 Å². The maximum absolute atomic E-state index is 4.12. The van der Waals surface area contributed by atoms with Crippen LogP contribution in [0.4, 0.5) is 0 Å². The molecule has 0 radical (unpaired) electrons. The van der Waals surface area contributed by atoms with E-state index in [1.54, 1.807) is 0 Å². The maximum Gasteiger partial charge on any atom is 0.0531 e. The van der Waals surface area contributed by atoms with Crippen molar-refractivity contribution in [3.63, 3.8) is 0 Å². The Bertz CT molecular complexity index is 1240. The SMILES string of the molecule is C=Cc1c(/C=C\C)c2c(n1-c1ccc3[nH]c4ccccc4c3c1)C=CCC2. The fourth-order valence-electron chi connectivity index (χ4n) is 4.35. The summed E-state index contributed by atoms with van der Waals surface area (Å²) in [7, 11) is 0. The molecule has 0 atom stereocenters. The molecule has 2 nitrogen and oxygen atoms in total. The van der Waals surface area contributed by atoms with Crippen molar-refractivity contribution in [3.05, 3.63) is 83.7 Å². The molecule has 0 unspecified atom stereocenters. The Labute approximate surface area is 159 Å². The molecule has 2 heterocycles. The third kappa shape index (κ3) is 2.33. The number of benzene rings is 2. The second-order valence-electron chi connectivity index (χ2n) is 7.04. The van der Waals surface area contributed by atoms with Gasteiger partial charge in [0.25, 0.3) is 0 Å². The smallest absolute Gasteiger partial charge is 0.0531 e. The molecule has 0 saturated carbocycles. The van der Waals surface area contributed by atoms with Crippen molar-refractivity contribution in [2.45, 2.75) is 19.8 Å². The molecule has 5 rings (SSSR count). The van der Waals surface area contributed by atoms with Gasteiger partial charge in [-0.25, -0.2) is 0 Å². The summed E-state index contributed by atoms with van der Waals surface area (Å²) < 4.78 is 2.36. The molecule has 0 amide bonds. The summed E-state index contributed by atoms with van der Waals surface area (Å²) in [6, 6.07) is 15.2. The van der Waals surface area contributed by atoms with Crippen LogP contribution in [0.15, 0.2) is 61.2 Å². The molecule has 0 saturated heterocycles. The Morgan fingerprint density at radius 2 is 1.93 bits per heavy atom. The minimum Gasteiger partial charge on any atom is -0.355 e. The highest BCUT2D eigenvalue weighted by Gasteiger charge is 2.21. The summed E-state index contributed by atoms with van der Waals surface area (Å²) in [5.74, 6) is 0. The van der Waals surface area contributed by atoms with Crippen LogP contribution >= 0.6 is 0 Å². The second-order valence-corrected chi connectivity index (χ2v) is 7.04. The van der Waals surface area contributed by atoms with Gasteiger partial charge in [0.05, 0.1) is 5.69 Å². The Balaban J connectivity index is 1.83. The third-order valence-corrected chi connectivity index (χ3v) is 5.50. The molecule has 0 bridgehead atoms. The van der Waals surface area contributed by atoms with E-state index in [0.717, 1.165) is 12.8 Å². The molecule has 27 heavy (non-hydrogen) atoms. The van der Waals surface area contributed by atoms with E-state index in [9.17, 15) is 0 Å². The summed E-state index contributed by atoms with van der Waals surface area (Å²) >= 11 is 0. The van der Waals surface area contributed by atoms with E-state index in [0.29, 0.717) is 0 Å². The van der Waals surface area contributed by atoms with Crippen LogP contribution < -0.4 is 0 Å². The average Bonchev–Trinajstić information content (AvgIpc) is 3.23. The van der Waals surface area contributed by atoms with Crippen molar-refractivity contribution >= 4 is 40.0 Å². The third-order valence-electron chi connectivity index (χ3n) is 5.50. The van der Waals surface area contributed by atoms with Gasteiger partial charge < -0.3 is 9.55 Å². The van der Waals surface area contributed by atoms with Crippen LogP contribution in [0, 0.1) is 0 Å². The van der Waals surface area contributed by atoms with Crippen molar-refractivity contribution in [2.24, 2.45) is 0 Å². The van der Waals surface area contributed by atoms with Crippen molar-refractivity contribution in [1.29, 1.82) is 0 Å². The van der Waals surface area contributed by atoms with E-state index in [2.05, 4.69) is 89.8 Å². The number of rotatable bonds is 3. The number of nitrogens with zero attached hydrogens (tertiary/aromatic N) is 1. The molecule has 2 heteroatoms. The fraction of sp³-hybridized carbons (Fsp3) is 0.120. The van der Waals surface area contributed by atoms with Gasteiger partial charge in [-0.05, 0) is 61.7 Å². The van der Waals surface area contributed by atoms with Crippen molar-refractivity contribution in [1.82, 2.24) is 9.55 Å². The van der Waals surface area contributed by atoms with Gasteiger partial charge in [0.15, 0.2) is 0 Å². The lowest BCUT2D eigenvalue weighted by Gasteiger charge is -2.13. The van der Waals surface area contributed by atoms with Gasteiger partial charge >= 0.3 is 0 Å². The molecule has 4 aromatic rings. The molecule has 0 fully saturated rings. The normalized spacial score (nSPS) is 13.7. The molecule has 0 spiro atoms. The molecule has 132 valence electrons. The predicted molar refractivity (Wildman–Crippen MR) is 117 cm³/mol. The Hall–Kier alpha value is -3.26. The molecule has 1 N–H and O–H groups in total. The van der Waals surface area contributed by atoms with Crippen LogP contribution in [0.5, 0.6) is 0 Å². The zero-order valence-corrected chi connectivity index (χ0v) is 15.5. The minimum atomic E-state index is 1.08. The fourth-order valence-corrected chi connectivity index (χ4v) is 4.35. The number of nitrogens with one attached hydrogen (secondary N) is 1. The highest BCUT2D eigenvalue weighted by molar-refractivity contribution is 6.07. The Morgan fingerprint density at radius 1 is 1.07 bits per heavy atom. The number of hydrogen-bond acceptors (Lipinski definition) is 0. The Morgan fingerprint density at radius 3 is 2.78 bits per heavy atom. The van der Waals surface area contributed by atoms with Crippen LogP contribution in [0.25, 0.3) is 45.7 Å². The monoisotopic (exact) mass is 350 g/mol. The Kier molecular flexibility index (Phi) is 3.64. The maximum atomic E-state index is 4.12. The van der Waals surface area contributed by atoms with Gasteiger partial charge in [0.2, 0.25) is 0 Å². The predicted octanol–water partition coefficient (Wildman–Crippen LogP) is 6.75. The summed E-state index contributed by atoms with van der Waals surface area (Å²) in [6.45, 7) is 6.20.